The van der Waals surface area contributed by atoms with E-state index in [0.29, 0.717) is 0 Å². The Hall–Kier alpha value is -1.18. The van der Waals surface area contributed by atoms with Gasteiger partial charge in [-0.15, -0.1) is 0 Å². The van der Waals surface area contributed by atoms with Gasteiger partial charge in [-0.2, -0.15) is 13.2 Å². The van der Waals surface area contributed by atoms with Gasteiger partial charge in [0.05, 0.1) is 6.10 Å². The lowest BCUT2D eigenvalue weighted by Crippen LogP contribution is -2.59. The number of aliphatic hydroxyl groups excluding tert-OH is 3. The van der Waals surface area contributed by atoms with Gasteiger partial charge in [-0.1, -0.05) is 0 Å². The normalized spacial score (nSPS) is 31.3. The monoisotopic (exact) mass is 389 g/mol. The summed E-state index contributed by atoms with van der Waals surface area (Å²) < 4.78 is 74.5. The molecule has 1 aromatic rings. The van der Waals surface area contributed by atoms with Crippen LogP contribution in [0, 0.1) is 6.92 Å². The van der Waals surface area contributed by atoms with Gasteiger partial charge in [0, 0.05) is 12.6 Å². The Kier molecular flexibility index (Phi) is 5.52. The van der Waals surface area contributed by atoms with Gasteiger partial charge in [-0.3, -0.25) is 0 Å². The van der Waals surface area contributed by atoms with E-state index in [1.54, 1.807) is 0 Å². The standard InChI is InChI=1S/C13H18F3NO7S/c1-5-3-8(12(23-5)13(14,15)16)25(21,22)17-4-7-10(19)11(20)9(18)6(2)24-7/h3,6-7,9-11,17-20H,4H2,1-2H3/t6-,7+,9+,10+,11+/m0/s1. The summed E-state index contributed by atoms with van der Waals surface area (Å²) in [6.07, 6.45) is -11.8. The third-order valence-corrected chi connectivity index (χ3v) is 5.22. The van der Waals surface area contributed by atoms with Gasteiger partial charge in [-0.05, 0) is 13.8 Å². The zero-order chi connectivity index (χ0) is 19.2. The molecule has 1 fully saturated rings. The summed E-state index contributed by atoms with van der Waals surface area (Å²) in [4.78, 5) is -1.09. The Morgan fingerprint density at radius 2 is 1.80 bits per heavy atom. The first kappa shape index (κ1) is 20.1. The van der Waals surface area contributed by atoms with Crippen molar-refractivity contribution in [1.82, 2.24) is 4.72 Å². The van der Waals surface area contributed by atoms with Crippen LogP contribution in [0.1, 0.15) is 18.4 Å². The largest absolute Gasteiger partial charge is 0.455 e. The molecule has 0 unspecified atom stereocenters. The van der Waals surface area contributed by atoms with E-state index >= 15 is 0 Å². The Bertz CT molecular complexity index is 718. The molecule has 0 amide bonds. The summed E-state index contributed by atoms with van der Waals surface area (Å²) in [5, 5.41) is 29.0. The quantitative estimate of drug-likeness (QED) is 0.559. The smallest absolute Gasteiger partial charge is 0.450 e. The van der Waals surface area contributed by atoms with Gasteiger partial charge in [0.25, 0.3) is 0 Å². The first-order chi connectivity index (χ1) is 11.3. The van der Waals surface area contributed by atoms with Crippen LogP contribution < -0.4 is 4.72 Å². The minimum atomic E-state index is -5.01. The van der Waals surface area contributed by atoms with Crippen molar-refractivity contribution >= 4 is 10.0 Å². The second kappa shape index (κ2) is 6.85. The summed E-state index contributed by atoms with van der Waals surface area (Å²) in [6.45, 7) is 1.95. The minimum absolute atomic E-state index is 0.242. The molecule has 0 bridgehead atoms. The molecule has 1 aliphatic rings. The predicted molar refractivity (Wildman–Crippen MR) is 76.0 cm³/mol. The molecule has 12 heteroatoms. The fourth-order valence-electron chi connectivity index (χ4n) is 2.46. The molecule has 0 radical (unpaired) electrons. The van der Waals surface area contributed by atoms with E-state index in [1.807, 2.05) is 4.72 Å². The van der Waals surface area contributed by atoms with E-state index in [4.69, 9.17) is 4.74 Å². The highest BCUT2D eigenvalue weighted by atomic mass is 32.2. The maximum atomic E-state index is 12.9. The molecule has 0 spiro atoms. The molecule has 1 aliphatic heterocycles. The van der Waals surface area contributed by atoms with Crippen molar-refractivity contribution < 1.29 is 46.1 Å². The molecule has 144 valence electrons. The van der Waals surface area contributed by atoms with E-state index in [2.05, 4.69) is 4.42 Å². The number of furan rings is 1. The van der Waals surface area contributed by atoms with E-state index in [0.717, 1.165) is 6.07 Å². The number of hydrogen-bond acceptors (Lipinski definition) is 7. The number of halogens is 3. The van der Waals surface area contributed by atoms with Crippen molar-refractivity contribution in [2.45, 2.75) is 55.4 Å². The number of hydrogen-bond donors (Lipinski definition) is 4. The van der Waals surface area contributed by atoms with E-state index in [9.17, 15) is 36.9 Å². The van der Waals surface area contributed by atoms with Gasteiger partial charge >= 0.3 is 6.18 Å². The first-order valence-corrected chi connectivity index (χ1v) is 8.70. The molecule has 0 aromatic carbocycles. The van der Waals surface area contributed by atoms with Crippen molar-refractivity contribution in [3.05, 3.63) is 17.6 Å². The summed E-state index contributed by atoms with van der Waals surface area (Å²) in [7, 11) is -4.62. The molecule has 4 N–H and O–H groups in total. The molecule has 1 aromatic heterocycles. The van der Waals surface area contributed by atoms with Gasteiger partial charge in [0.1, 0.15) is 35.1 Å². The zero-order valence-corrected chi connectivity index (χ0v) is 14.0. The van der Waals surface area contributed by atoms with E-state index in [1.165, 1.54) is 13.8 Å². The average molecular weight is 389 g/mol. The molecule has 5 atom stereocenters. The number of alkyl halides is 3. The van der Waals surface area contributed by atoms with Crippen molar-refractivity contribution in [3.8, 4) is 0 Å². The van der Waals surface area contributed by atoms with Crippen LogP contribution in [-0.4, -0.2) is 60.8 Å². The van der Waals surface area contributed by atoms with Crippen molar-refractivity contribution in [2.75, 3.05) is 6.54 Å². The molecule has 2 heterocycles. The lowest BCUT2D eigenvalue weighted by Gasteiger charge is -2.39. The predicted octanol–water partition coefficient (Wildman–Crippen LogP) is -0.245. The fraction of sp³-hybridized carbons (Fsp3) is 0.692. The number of ether oxygens (including phenoxy) is 1. The van der Waals surface area contributed by atoms with Gasteiger partial charge in [-0.25, -0.2) is 13.1 Å². The summed E-state index contributed by atoms with van der Waals surface area (Å²) >= 11 is 0. The van der Waals surface area contributed by atoms with Crippen LogP contribution >= 0.6 is 0 Å². The molecule has 2 rings (SSSR count). The summed E-state index contributed by atoms with van der Waals surface area (Å²) in [6, 6.07) is 0.727. The van der Waals surface area contributed by atoms with Crippen molar-refractivity contribution in [2.24, 2.45) is 0 Å². The highest BCUT2D eigenvalue weighted by Crippen LogP contribution is 2.36. The van der Waals surface area contributed by atoms with Gasteiger partial charge < -0.3 is 24.5 Å². The number of aryl methyl sites for hydroxylation is 1. The second-order valence-corrected chi connectivity index (χ2v) is 7.49. The van der Waals surface area contributed by atoms with Crippen molar-refractivity contribution in [1.29, 1.82) is 0 Å². The highest BCUT2D eigenvalue weighted by molar-refractivity contribution is 7.89. The minimum Gasteiger partial charge on any atom is -0.455 e. The Balaban J connectivity index is 2.18. The number of sulfonamides is 1. The van der Waals surface area contributed by atoms with E-state index in [-0.39, 0.29) is 5.76 Å². The third-order valence-electron chi connectivity index (χ3n) is 3.79. The molecular weight excluding hydrogens is 371 g/mol. The van der Waals surface area contributed by atoms with Crippen LogP contribution in [0.25, 0.3) is 0 Å². The Labute approximate surface area is 141 Å². The Morgan fingerprint density at radius 1 is 1.20 bits per heavy atom. The SMILES string of the molecule is Cc1cc(S(=O)(=O)NC[C@H]2O[C@@H](C)[C@@H](O)[C@@H](O)[C@@H]2O)c(C(F)(F)F)o1. The Morgan fingerprint density at radius 3 is 2.36 bits per heavy atom. The molecular formula is C13H18F3NO7S. The first-order valence-electron chi connectivity index (χ1n) is 7.21. The lowest BCUT2D eigenvalue weighted by molar-refractivity contribution is -0.214. The van der Waals surface area contributed by atoms with Gasteiger partial charge in [0.15, 0.2) is 0 Å². The van der Waals surface area contributed by atoms with Crippen LogP contribution in [0.4, 0.5) is 13.2 Å². The van der Waals surface area contributed by atoms with Crippen LogP contribution in [0.15, 0.2) is 15.4 Å². The molecule has 8 nitrogen and oxygen atoms in total. The average Bonchev–Trinajstić information content (AvgIpc) is 2.90. The maximum absolute atomic E-state index is 12.9. The number of aliphatic hydroxyl groups is 3. The van der Waals surface area contributed by atoms with Crippen LogP contribution in [-0.2, 0) is 20.9 Å². The summed E-state index contributed by atoms with van der Waals surface area (Å²) in [5.74, 6) is -1.90. The number of rotatable bonds is 4. The molecule has 1 saturated heterocycles. The second-order valence-electron chi connectivity index (χ2n) is 5.75. The van der Waals surface area contributed by atoms with Crippen molar-refractivity contribution in [3.63, 3.8) is 0 Å². The topological polar surface area (TPSA) is 129 Å². The zero-order valence-electron chi connectivity index (χ0n) is 13.2. The van der Waals surface area contributed by atoms with Gasteiger partial charge in [0.2, 0.25) is 15.8 Å². The fourth-order valence-corrected chi connectivity index (χ4v) is 3.72. The third kappa shape index (κ3) is 4.15. The van der Waals surface area contributed by atoms with E-state index < -0.39 is 63.9 Å². The number of nitrogens with one attached hydrogen (secondary N) is 1. The molecule has 0 aliphatic carbocycles. The highest BCUT2D eigenvalue weighted by Gasteiger charge is 2.44. The lowest BCUT2D eigenvalue weighted by atomic mass is 9.96. The maximum Gasteiger partial charge on any atom is 0.450 e. The molecule has 25 heavy (non-hydrogen) atoms. The van der Waals surface area contributed by atoms with Crippen LogP contribution in [0.2, 0.25) is 0 Å². The van der Waals surface area contributed by atoms with Crippen LogP contribution in [0.5, 0.6) is 0 Å². The molecule has 0 saturated carbocycles. The summed E-state index contributed by atoms with van der Waals surface area (Å²) in [5.41, 5.74) is 0. The van der Waals surface area contributed by atoms with Crippen LogP contribution in [0.3, 0.4) is 0 Å².